The molecule has 9 nitrogen and oxygen atoms in total. The van der Waals surface area contributed by atoms with Crippen LogP contribution in [-0.4, -0.2) is 66.2 Å². The largest absolute Gasteiger partial charge is 0.338 e. The molecular formula is C21H28N8O. The third-order valence-corrected chi connectivity index (χ3v) is 5.49. The number of amides is 1. The minimum atomic E-state index is -0.0460. The predicted octanol–water partition coefficient (Wildman–Crippen LogP) is 2.10. The Kier molecular flexibility index (Phi) is 6.48. The highest BCUT2D eigenvalue weighted by Gasteiger charge is 2.18. The number of H-pyrrole nitrogens is 1. The van der Waals surface area contributed by atoms with Crippen LogP contribution in [0.3, 0.4) is 0 Å². The summed E-state index contributed by atoms with van der Waals surface area (Å²) in [7, 11) is 1.78. The number of likely N-dealkylation sites (N-methyl/N-ethyl adjacent to an activating group) is 1. The van der Waals surface area contributed by atoms with Crippen molar-refractivity contribution in [2.45, 2.75) is 45.3 Å². The number of benzene rings is 1. The van der Waals surface area contributed by atoms with Crippen molar-refractivity contribution in [3.8, 4) is 11.3 Å². The molecule has 0 spiro atoms. The summed E-state index contributed by atoms with van der Waals surface area (Å²) < 4.78 is 1.62. The summed E-state index contributed by atoms with van der Waals surface area (Å²) >= 11 is 0. The van der Waals surface area contributed by atoms with Crippen LogP contribution < -0.4 is 0 Å². The average molecular weight is 409 g/mol. The molecule has 0 aliphatic carbocycles. The number of nitrogens with zero attached hydrogens (tertiary/aromatic N) is 7. The number of aromatic amines is 1. The van der Waals surface area contributed by atoms with Gasteiger partial charge in [0, 0.05) is 12.6 Å². The SMILES string of the molecule is CN(Cc1cc(-c2ccccc2)n[nH]1)C(=O)Cn1nnnc1CN1CCCCCC1. The Hall–Kier alpha value is -3.07. The summed E-state index contributed by atoms with van der Waals surface area (Å²) in [5.74, 6) is 0.696. The lowest BCUT2D eigenvalue weighted by Gasteiger charge is -2.20. The van der Waals surface area contributed by atoms with Crippen molar-refractivity contribution >= 4 is 5.91 Å². The Labute approximate surface area is 176 Å². The average Bonchev–Trinajstić information content (AvgIpc) is 3.32. The maximum absolute atomic E-state index is 12.8. The van der Waals surface area contributed by atoms with Gasteiger partial charge in [0.15, 0.2) is 5.82 Å². The third kappa shape index (κ3) is 5.10. The number of hydrogen-bond acceptors (Lipinski definition) is 6. The Morgan fingerprint density at radius 1 is 1.13 bits per heavy atom. The molecule has 3 heterocycles. The highest BCUT2D eigenvalue weighted by Crippen LogP contribution is 2.17. The van der Waals surface area contributed by atoms with Gasteiger partial charge >= 0.3 is 0 Å². The molecule has 3 aromatic rings. The van der Waals surface area contributed by atoms with E-state index >= 15 is 0 Å². The second-order valence-corrected chi connectivity index (χ2v) is 7.84. The molecule has 0 unspecified atom stereocenters. The van der Waals surface area contributed by atoms with Crippen molar-refractivity contribution < 1.29 is 4.79 Å². The summed E-state index contributed by atoms with van der Waals surface area (Å²) in [4.78, 5) is 16.8. The normalized spacial score (nSPS) is 15.1. The molecule has 158 valence electrons. The highest BCUT2D eigenvalue weighted by molar-refractivity contribution is 5.75. The molecule has 1 N–H and O–H groups in total. The van der Waals surface area contributed by atoms with E-state index in [0.29, 0.717) is 13.1 Å². The van der Waals surface area contributed by atoms with E-state index < -0.39 is 0 Å². The van der Waals surface area contributed by atoms with Crippen LogP contribution >= 0.6 is 0 Å². The van der Waals surface area contributed by atoms with Crippen LogP contribution in [0.2, 0.25) is 0 Å². The lowest BCUT2D eigenvalue weighted by atomic mass is 10.1. The van der Waals surface area contributed by atoms with E-state index in [1.54, 1.807) is 16.6 Å². The summed E-state index contributed by atoms with van der Waals surface area (Å²) in [6.07, 6.45) is 4.98. The molecule has 30 heavy (non-hydrogen) atoms. The lowest BCUT2D eigenvalue weighted by molar-refractivity contribution is -0.131. The van der Waals surface area contributed by atoms with E-state index in [2.05, 4.69) is 30.6 Å². The number of carbonyl (C=O) groups is 1. The highest BCUT2D eigenvalue weighted by atomic mass is 16.2. The minimum absolute atomic E-state index is 0.0460. The number of aromatic nitrogens is 6. The fourth-order valence-electron chi connectivity index (χ4n) is 3.75. The zero-order valence-electron chi connectivity index (χ0n) is 17.4. The number of tetrazole rings is 1. The van der Waals surface area contributed by atoms with E-state index in [1.165, 1.54) is 25.7 Å². The Morgan fingerprint density at radius 3 is 2.67 bits per heavy atom. The Morgan fingerprint density at radius 2 is 1.90 bits per heavy atom. The Balaban J connectivity index is 1.34. The molecule has 1 amide bonds. The molecule has 0 bridgehead atoms. The molecule has 0 saturated carbocycles. The number of carbonyl (C=O) groups excluding carboxylic acids is 1. The molecule has 0 radical (unpaired) electrons. The van der Waals surface area contributed by atoms with Crippen LogP contribution in [0.1, 0.15) is 37.2 Å². The van der Waals surface area contributed by atoms with Gasteiger partial charge in [0.25, 0.3) is 0 Å². The second-order valence-electron chi connectivity index (χ2n) is 7.84. The van der Waals surface area contributed by atoms with Crippen molar-refractivity contribution in [2.75, 3.05) is 20.1 Å². The van der Waals surface area contributed by atoms with Gasteiger partial charge in [0.1, 0.15) is 6.54 Å². The van der Waals surface area contributed by atoms with Gasteiger partial charge in [-0.2, -0.15) is 5.10 Å². The van der Waals surface area contributed by atoms with E-state index in [0.717, 1.165) is 35.9 Å². The van der Waals surface area contributed by atoms with Crippen molar-refractivity contribution in [2.24, 2.45) is 0 Å². The number of likely N-dealkylation sites (tertiary alicyclic amines) is 1. The predicted molar refractivity (Wildman–Crippen MR) is 112 cm³/mol. The van der Waals surface area contributed by atoms with Crippen LogP contribution in [0.15, 0.2) is 36.4 Å². The first-order valence-corrected chi connectivity index (χ1v) is 10.5. The molecule has 1 aromatic carbocycles. The summed E-state index contributed by atoms with van der Waals surface area (Å²) in [5, 5.41) is 19.4. The maximum Gasteiger partial charge on any atom is 0.244 e. The smallest absolute Gasteiger partial charge is 0.244 e. The number of hydrogen-bond donors (Lipinski definition) is 1. The molecule has 2 aromatic heterocycles. The molecule has 1 aliphatic rings. The third-order valence-electron chi connectivity index (χ3n) is 5.49. The molecule has 0 atom stereocenters. The van der Waals surface area contributed by atoms with Crippen LogP contribution in [0.4, 0.5) is 0 Å². The minimum Gasteiger partial charge on any atom is -0.338 e. The molecule has 1 saturated heterocycles. The fourth-order valence-corrected chi connectivity index (χ4v) is 3.75. The molecular weight excluding hydrogens is 380 g/mol. The van der Waals surface area contributed by atoms with E-state index in [4.69, 9.17) is 0 Å². The van der Waals surface area contributed by atoms with E-state index in [9.17, 15) is 4.79 Å². The van der Waals surface area contributed by atoms with Crippen LogP contribution in [0.5, 0.6) is 0 Å². The van der Waals surface area contributed by atoms with Gasteiger partial charge in [0.2, 0.25) is 5.91 Å². The van der Waals surface area contributed by atoms with Gasteiger partial charge in [-0.25, -0.2) is 4.68 Å². The van der Waals surface area contributed by atoms with Crippen LogP contribution in [-0.2, 0) is 24.4 Å². The van der Waals surface area contributed by atoms with Crippen LogP contribution in [0, 0.1) is 0 Å². The van der Waals surface area contributed by atoms with E-state index in [-0.39, 0.29) is 12.5 Å². The lowest BCUT2D eigenvalue weighted by Crippen LogP contribution is -2.32. The van der Waals surface area contributed by atoms with Gasteiger partial charge in [-0.15, -0.1) is 5.10 Å². The van der Waals surface area contributed by atoms with Crippen molar-refractivity contribution in [3.05, 3.63) is 47.9 Å². The van der Waals surface area contributed by atoms with Crippen molar-refractivity contribution in [1.29, 1.82) is 0 Å². The maximum atomic E-state index is 12.8. The van der Waals surface area contributed by atoms with Crippen LogP contribution in [0.25, 0.3) is 11.3 Å². The second kappa shape index (κ2) is 9.62. The number of nitrogens with one attached hydrogen (secondary N) is 1. The Bertz CT molecular complexity index is 943. The summed E-state index contributed by atoms with van der Waals surface area (Å²) in [6.45, 7) is 3.38. The zero-order valence-corrected chi connectivity index (χ0v) is 17.4. The standard InChI is InChI=1S/C21H28N8O/c1-27(14-18-13-19(23-22-18)17-9-5-4-6-10-17)21(30)16-29-20(24-25-26-29)15-28-11-7-2-3-8-12-28/h4-6,9-10,13H,2-3,7-8,11-12,14-16H2,1H3,(H,22,23). The first kappa shape index (κ1) is 20.2. The van der Waals surface area contributed by atoms with Gasteiger partial charge in [-0.1, -0.05) is 43.2 Å². The molecule has 4 rings (SSSR count). The van der Waals surface area contributed by atoms with Gasteiger partial charge in [-0.3, -0.25) is 14.8 Å². The van der Waals surface area contributed by atoms with Gasteiger partial charge in [-0.05, 0) is 42.4 Å². The fraction of sp³-hybridized carbons (Fsp3) is 0.476. The monoisotopic (exact) mass is 408 g/mol. The van der Waals surface area contributed by atoms with Crippen molar-refractivity contribution in [1.82, 2.24) is 40.2 Å². The molecule has 1 fully saturated rings. The number of rotatable bonds is 7. The summed E-state index contributed by atoms with van der Waals surface area (Å²) in [5.41, 5.74) is 2.79. The van der Waals surface area contributed by atoms with Crippen molar-refractivity contribution in [3.63, 3.8) is 0 Å². The molecule has 9 heteroatoms. The first-order chi connectivity index (χ1) is 14.7. The zero-order chi connectivity index (χ0) is 20.8. The van der Waals surface area contributed by atoms with E-state index in [1.807, 2.05) is 36.4 Å². The topological polar surface area (TPSA) is 95.8 Å². The quantitative estimate of drug-likeness (QED) is 0.643. The van der Waals surface area contributed by atoms with Gasteiger partial charge < -0.3 is 4.90 Å². The molecule has 1 aliphatic heterocycles. The van der Waals surface area contributed by atoms with Gasteiger partial charge in [0.05, 0.1) is 24.5 Å². The summed E-state index contributed by atoms with van der Waals surface area (Å²) in [6, 6.07) is 11.9. The first-order valence-electron chi connectivity index (χ1n) is 10.5.